The van der Waals surface area contributed by atoms with Gasteiger partial charge in [0.05, 0.1) is 0 Å². The van der Waals surface area contributed by atoms with E-state index in [4.69, 9.17) is 5.11 Å². The Kier molecular flexibility index (Phi) is 6.58. The second kappa shape index (κ2) is 7.43. The van der Waals surface area contributed by atoms with Crippen LogP contribution in [0.15, 0.2) is 27.1 Å². The van der Waals surface area contributed by atoms with Crippen molar-refractivity contribution in [3.8, 4) is 0 Å². The Morgan fingerprint density at radius 3 is 2.69 bits per heavy atom. The second-order valence-electron chi connectivity index (χ2n) is 3.77. The lowest BCUT2D eigenvalue weighted by Gasteiger charge is -2.15. The number of hydrogen-bond acceptors (Lipinski definition) is 2. The maximum Gasteiger partial charge on any atom is 0.0431 e. The van der Waals surface area contributed by atoms with Crippen molar-refractivity contribution in [2.45, 2.75) is 25.8 Å². The molecule has 1 rings (SSSR count). The molecule has 0 spiro atoms. The van der Waals surface area contributed by atoms with Crippen molar-refractivity contribution >= 4 is 31.9 Å². The van der Waals surface area contributed by atoms with Gasteiger partial charge in [0.25, 0.3) is 0 Å². The van der Waals surface area contributed by atoms with Crippen LogP contribution in [0.2, 0.25) is 0 Å². The number of rotatable bonds is 6. The Hall–Kier alpha value is 0.1000. The number of nitrogens with one attached hydrogen (secondary N) is 1. The second-order valence-corrected chi connectivity index (χ2v) is 5.54. The van der Waals surface area contributed by atoms with Crippen LogP contribution < -0.4 is 5.32 Å². The molecular formula is C12H17Br2NO. The molecule has 1 aromatic carbocycles. The predicted molar refractivity (Wildman–Crippen MR) is 74.6 cm³/mol. The van der Waals surface area contributed by atoms with E-state index in [-0.39, 0.29) is 6.61 Å². The minimum absolute atomic E-state index is 0.276. The van der Waals surface area contributed by atoms with E-state index in [1.165, 1.54) is 5.56 Å². The minimum Gasteiger partial charge on any atom is -0.396 e. The van der Waals surface area contributed by atoms with Gasteiger partial charge in [0.2, 0.25) is 0 Å². The van der Waals surface area contributed by atoms with Gasteiger partial charge in [0.1, 0.15) is 0 Å². The molecule has 2 nitrogen and oxygen atoms in total. The molecule has 4 heteroatoms. The smallest absolute Gasteiger partial charge is 0.0431 e. The summed E-state index contributed by atoms with van der Waals surface area (Å²) in [7, 11) is 0. The molecule has 0 aliphatic rings. The van der Waals surface area contributed by atoms with Gasteiger partial charge in [-0.25, -0.2) is 0 Å². The van der Waals surface area contributed by atoms with Crippen LogP contribution in [0.25, 0.3) is 0 Å². The minimum atomic E-state index is 0.276. The van der Waals surface area contributed by atoms with E-state index in [1.807, 2.05) is 6.07 Å². The number of halogens is 2. The Labute approximate surface area is 114 Å². The first-order valence-corrected chi connectivity index (χ1v) is 7.03. The van der Waals surface area contributed by atoms with E-state index in [0.29, 0.717) is 6.04 Å². The summed E-state index contributed by atoms with van der Waals surface area (Å²) in [6.07, 6.45) is 1.87. The Bertz CT molecular complexity index is 331. The molecule has 0 saturated heterocycles. The van der Waals surface area contributed by atoms with Gasteiger partial charge in [0.15, 0.2) is 0 Å². The lowest BCUT2D eigenvalue weighted by Crippen LogP contribution is -2.20. The van der Waals surface area contributed by atoms with E-state index < -0.39 is 0 Å². The molecule has 0 heterocycles. The molecule has 16 heavy (non-hydrogen) atoms. The highest BCUT2D eigenvalue weighted by Gasteiger charge is 2.08. The van der Waals surface area contributed by atoms with E-state index in [1.54, 1.807) is 0 Å². The average molecular weight is 351 g/mol. The number of aliphatic hydroxyl groups excluding tert-OH is 1. The third-order valence-electron chi connectivity index (χ3n) is 2.46. The number of hydrogen-bond donors (Lipinski definition) is 2. The molecule has 0 aliphatic carbocycles. The molecule has 0 aliphatic heterocycles. The van der Waals surface area contributed by atoms with Crippen molar-refractivity contribution in [2.24, 2.45) is 0 Å². The fraction of sp³-hybridized carbons (Fsp3) is 0.500. The Morgan fingerprint density at radius 2 is 2.06 bits per heavy atom. The first-order chi connectivity index (χ1) is 7.65. The van der Waals surface area contributed by atoms with Gasteiger partial charge in [-0.2, -0.15) is 0 Å². The summed E-state index contributed by atoms with van der Waals surface area (Å²) in [6.45, 7) is 3.36. The topological polar surface area (TPSA) is 32.3 Å². The summed E-state index contributed by atoms with van der Waals surface area (Å²) in [6, 6.07) is 6.53. The van der Waals surface area contributed by atoms with Crippen molar-refractivity contribution in [1.82, 2.24) is 5.32 Å². The molecular weight excluding hydrogens is 334 g/mol. The highest BCUT2D eigenvalue weighted by atomic mass is 79.9. The van der Waals surface area contributed by atoms with Crippen molar-refractivity contribution in [1.29, 1.82) is 0 Å². The molecule has 90 valence electrons. The molecule has 1 unspecified atom stereocenters. The van der Waals surface area contributed by atoms with Gasteiger partial charge in [-0.1, -0.05) is 37.9 Å². The standard InChI is InChI=1S/C12H17Br2NO/c1-9(15-6-2-3-7-16)11-5-4-10(13)8-12(11)14/h4-5,8-9,15-16H,2-3,6-7H2,1H3. The van der Waals surface area contributed by atoms with Crippen molar-refractivity contribution in [2.75, 3.05) is 13.2 Å². The van der Waals surface area contributed by atoms with Gasteiger partial charge < -0.3 is 10.4 Å². The lowest BCUT2D eigenvalue weighted by atomic mass is 10.1. The predicted octanol–water partition coefficient (Wildman–Crippen LogP) is 3.63. The average Bonchev–Trinajstić information content (AvgIpc) is 2.24. The maximum atomic E-state index is 8.68. The van der Waals surface area contributed by atoms with Gasteiger partial charge in [-0.15, -0.1) is 0 Å². The van der Waals surface area contributed by atoms with E-state index in [2.05, 4.69) is 56.2 Å². The molecule has 0 amide bonds. The fourth-order valence-corrected chi connectivity index (χ4v) is 2.91. The number of aliphatic hydroxyl groups is 1. The summed E-state index contributed by atoms with van der Waals surface area (Å²) < 4.78 is 2.19. The quantitative estimate of drug-likeness (QED) is 0.768. The van der Waals surface area contributed by atoms with Crippen LogP contribution in [0.1, 0.15) is 31.4 Å². The summed E-state index contributed by atoms with van der Waals surface area (Å²) in [5, 5.41) is 12.1. The summed E-state index contributed by atoms with van der Waals surface area (Å²) in [4.78, 5) is 0. The Morgan fingerprint density at radius 1 is 1.31 bits per heavy atom. The van der Waals surface area contributed by atoms with Crippen molar-refractivity contribution < 1.29 is 5.11 Å². The lowest BCUT2D eigenvalue weighted by molar-refractivity contribution is 0.283. The monoisotopic (exact) mass is 349 g/mol. The van der Waals surface area contributed by atoms with Crippen LogP contribution in [-0.2, 0) is 0 Å². The first-order valence-electron chi connectivity index (χ1n) is 5.44. The fourth-order valence-electron chi connectivity index (χ4n) is 1.52. The third-order valence-corrected chi connectivity index (χ3v) is 3.64. The number of unbranched alkanes of at least 4 members (excludes halogenated alkanes) is 1. The van der Waals surface area contributed by atoms with Gasteiger partial charge in [0, 0.05) is 21.6 Å². The van der Waals surface area contributed by atoms with Crippen molar-refractivity contribution in [3.63, 3.8) is 0 Å². The zero-order valence-electron chi connectivity index (χ0n) is 9.34. The van der Waals surface area contributed by atoms with E-state index in [0.717, 1.165) is 28.3 Å². The molecule has 1 atom stereocenters. The zero-order chi connectivity index (χ0) is 12.0. The molecule has 0 saturated carbocycles. The molecule has 0 aromatic heterocycles. The zero-order valence-corrected chi connectivity index (χ0v) is 12.5. The highest BCUT2D eigenvalue weighted by Crippen LogP contribution is 2.26. The molecule has 0 bridgehead atoms. The van der Waals surface area contributed by atoms with Gasteiger partial charge in [-0.3, -0.25) is 0 Å². The SMILES string of the molecule is CC(NCCCCO)c1ccc(Br)cc1Br. The first kappa shape index (κ1) is 14.2. The van der Waals surface area contributed by atoms with E-state index >= 15 is 0 Å². The van der Waals surface area contributed by atoms with Crippen LogP contribution in [0.3, 0.4) is 0 Å². The maximum absolute atomic E-state index is 8.68. The summed E-state index contributed by atoms with van der Waals surface area (Å²) in [5.41, 5.74) is 1.26. The summed E-state index contributed by atoms with van der Waals surface area (Å²) in [5.74, 6) is 0. The molecule has 2 N–H and O–H groups in total. The number of benzene rings is 1. The molecule has 1 aromatic rings. The summed E-state index contributed by atoms with van der Waals surface area (Å²) >= 11 is 7.00. The normalized spacial score (nSPS) is 12.8. The molecule has 0 radical (unpaired) electrons. The van der Waals surface area contributed by atoms with Gasteiger partial charge in [-0.05, 0) is 44.0 Å². The Balaban J connectivity index is 2.49. The third kappa shape index (κ3) is 4.53. The largest absolute Gasteiger partial charge is 0.396 e. The van der Waals surface area contributed by atoms with E-state index in [9.17, 15) is 0 Å². The van der Waals surface area contributed by atoms with Crippen LogP contribution in [-0.4, -0.2) is 18.3 Å². The van der Waals surface area contributed by atoms with Crippen LogP contribution in [0.4, 0.5) is 0 Å². The molecule has 0 fully saturated rings. The van der Waals surface area contributed by atoms with Crippen LogP contribution in [0.5, 0.6) is 0 Å². The van der Waals surface area contributed by atoms with Crippen LogP contribution >= 0.6 is 31.9 Å². The van der Waals surface area contributed by atoms with Gasteiger partial charge >= 0.3 is 0 Å². The van der Waals surface area contributed by atoms with Crippen molar-refractivity contribution in [3.05, 3.63) is 32.7 Å². The van der Waals surface area contributed by atoms with Crippen LogP contribution in [0, 0.1) is 0 Å². The highest BCUT2D eigenvalue weighted by molar-refractivity contribution is 9.11.